The first kappa shape index (κ1) is 24.9. The fraction of sp³-hybridized carbons (Fsp3) is 0.650. The minimum atomic E-state index is -4.41. The summed E-state index contributed by atoms with van der Waals surface area (Å²) < 4.78 is 52.6. The lowest BCUT2D eigenvalue weighted by molar-refractivity contribution is -0.153. The van der Waals surface area contributed by atoms with E-state index >= 15 is 0 Å². The van der Waals surface area contributed by atoms with E-state index in [1.54, 1.807) is 19.2 Å². The molecule has 0 bridgehead atoms. The van der Waals surface area contributed by atoms with Gasteiger partial charge in [0.15, 0.2) is 24.1 Å². The Labute approximate surface area is 170 Å². The van der Waals surface area contributed by atoms with Gasteiger partial charge in [0.05, 0.1) is 19.8 Å². The fourth-order valence-corrected chi connectivity index (χ4v) is 2.53. The number of aliphatic imine (C=N–C) groups is 1. The Balaban J connectivity index is 2.83. The fourth-order valence-electron chi connectivity index (χ4n) is 2.53. The molecule has 0 aromatic heterocycles. The molecule has 1 aromatic carbocycles. The van der Waals surface area contributed by atoms with Crippen molar-refractivity contribution >= 4 is 5.96 Å². The molecule has 29 heavy (non-hydrogen) atoms. The molecule has 0 heterocycles. The molecule has 6 nitrogen and oxygen atoms in total. The molecular formula is C20H32F3N3O3. The normalized spacial score (nSPS) is 13.8. The van der Waals surface area contributed by atoms with Crippen LogP contribution in [0.25, 0.3) is 0 Å². The van der Waals surface area contributed by atoms with Gasteiger partial charge < -0.3 is 24.8 Å². The van der Waals surface area contributed by atoms with E-state index in [9.17, 15) is 13.2 Å². The minimum Gasteiger partial charge on any atom is -0.493 e. The summed E-state index contributed by atoms with van der Waals surface area (Å²) in [5.41, 5.74) is 0.746. The van der Waals surface area contributed by atoms with Crippen LogP contribution in [0.15, 0.2) is 23.2 Å². The van der Waals surface area contributed by atoms with Gasteiger partial charge in [-0.3, -0.25) is 0 Å². The van der Waals surface area contributed by atoms with Crippen molar-refractivity contribution in [1.29, 1.82) is 0 Å². The summed E-state index contributed by atoms with van der Waals surface area (Å²) in [7, 11) is 3.06. The van der Waals surface area contributed by atoms with Crippen molar-refractivity contribution in [3.05, 3.63) is 23.8 Å². The zero-order valence-electron chi connectivity index (χ0n) is 17.9. The smallest absolute Gasteiger partial charge is 0.422 e. The third kappa shape index (κ3) is 9.25. The predicted molar refractivity (Wildman–Crippen MR) is 108 cm³/mol. The number of hydrogen-bond acceptors (Lipinski definition) is 4. The molecule has 0 spiro atoms. The quantitative estimate of drug-likeness (QED) is 0.472. The molecule has 1 aromatic rings. The summed E-state index contributed by atoms with van der Waals surface area (Å²) in [5, 5.41) is 6.42. The van der Waals surface area contributed by atoms with Crippen molar-refractivity contribution in [3.8, 4) is 11.5 Å². The van der Waals surface area contributed by atoms with Crippen LogP contribution in [0.4, 0.5) is 13.2 Å². The monoisotopic (exact) mass is 419 g/mol. The van der Waals surface area contributed by atoms with Crippen LogP contribution in [0.3, 0.4) is 0 Å². The van der Waals surface area contributed by atoms with Gasteiger partial charge in [-0.25, -0.2) is 4.99 Å². The van der Waals surface area contributed by atoms with Crippen molar-refractivity contribution in [3.63, 3.8) is 0 Å². The van der Waals surface area contributed by atoms with Crippen LogP contribution in [-0.2, 0) is 11.3 Å². The highest BCUT2D eigenvalue weighted by Crippen LogP contribution is 2.30. The molecule has 0 fully saturated rings. The predicted octanol–water partition coefficient (Wildman–Crippen LogP) is 3.75. The summed E-state index contributed by atoms with van der Waals surface area (Å²) in [6, 6.07) is 4.73. The molecule has 166 valence electrons. The van der Waals surface area contributed by atoms with E-state index in [0.29, 0.717) is 25.6 Å². The van der Waals surface area contributed by atoms with Gasteiger partial charge in [-0.05, 0) is 30.0 Å². The van der Waals surface area contributed by atoms with Crippen molar-refractivity contribution in [1.82, 2.24) is 10.6 Å². The Kier molecular flexibility index (Phi) is 9.55. The lowest BCUT2D eigenvalue weighted by Crippen LogP contribution is -2.45. The second-order valence-corrected chi connectivity index (χ2v) is 7.56. The van der Waals surface area contributed by atoms with Gasteiger partial charge >= 0.3 is 6.18 Å². The van der Waals surface area contributed by atoms with E-state index in [1.807, 2.05) is 6.92 Å². The van der Waals surface area contributed by atoms with Gasteiger partial charge in [-0.15, -0.1) is 0 Å². The first-order chi connectivity index (χ1) is 13.5. The van der Waals surface area contributed by atoms with E-state index < -0.39 is 12.8 Å². The standard InChI is InChI=1S/C20H32F3N3O3/c1-7-24-18(26-12-17(28-6)19(2,3)4)25-11-14-8-9-15(16(10-14)27-5)29-13-20(21,22)23/h8-10,17H,7,11-13H2,1-6H3,(H2,24,25,26). The van der Waals surface area contributed by atoms with Crippen molar-refractivity contribution in [2.24, 2.45) is 10.4 Å². The van der Waals surface area contributed by atoms with Crippen LogP contribution < -0.4 is 20.1 Å². The van der Waals surface area contributed by atoms with E-state index in [1.165, 1.54) is 13.2 Å². The van der Waals surface area contributed by atoms with Gasteiger partial charge in [0, 0.05) is 20.2 Å². The van der Waals surface area contributed by atoms with E-state index in [4.69, 9.17) is 14.2 Å². The highest BCUT2D eigenvalue weighted by molar-refractivity contribution is 5.79. The third-order valence-corrected chi connectivity index (χ3v) is 4.09. The largest absolute Gasteiger partial charge is 0.493 e. The van der Waals surface area contributed by atoms with Crippen LogP contribution >= 0.6 is 0 Å². The molecule has 0 aliphatic rings. The average molecular weight is 419 g/mol. The number of ether oxygens (including phenoxy) is 3. The summed E-state index contributed by atoms with van der Waals surface area (Å²) >= 11 is 0. The zero-order chi connectivity index (χ0) is 22.1. The van der Waals surface area contributed by atoms with Crippen molar-refractivity contribution in [2.75, 3.05) is 33.9 Å². The molecule has 2 N–H and O–H groups in total. The number of nitrogens with zero attached hydrogens (tertiary/aromatic N) is 1. The van der Waals surface area contributed by atoms with Crippen molar-refractivity contribution < 1.29 is 27.4 Å². The third-order valence-electron chi connectivity index (χ3n) is 4.09. The highest BCUT2D eigenvalue weighted by Gasteiger charge is 2.29. The number of guanidine groups is 1. The first-order valence-corrected chi connectivity index (χ1v) is 9.41. The molecule has 0 saturated heterocycles. The van der Waals surface area contributed by atoms with Gasteiger partial charge in [-0.2, -0.15) is 13.2 Å². The molecule has 9 heteroatoms. The molecule has 0 aliphatic heterocycles. The highest BCUT2D eigenvalue weighted by atomic mass is 19.4. The maximum absolute atomic E-state index is 12.4. The van der Waals surface area contributed by atoms with Crippen LogP contribution in [0, 0.1) is 5.41 Å². The lowest BCUT2D eigenvalue weighted by atomic mass is 9.89. The Morgan fingerprint density at radius 2 is 1.79 bits per heavy atom. The van der Waals surface area contributed by atoms with E-state index in [2.05, 4.69) is 36.4 Å². The van der Waals surface area contributed by atoms with Gasteiger partial charge in [-0.1, -0.05) is 26.8 Å². The zero-order valence-corrected chi connectivity index (χ0v) is 17.9. The number of hydrogen-bond donors (Lipinski definition) is 2. The number of halogens is 3. The lowest BCUT2D eigenvalue weighted by Gasteiger charge is -2.30. The Morgan fingerprint density at radius 1 is 1.10 bits per heavy atom. The average Bonchev–Trinajstić information content (AvgIpc) is 2.63. The molecule has 0 amide bonds. The molecular weight excluding hydrogens is 387 g/mol. The second kappa shape index (κ2) is 11.1. The maximum atomic E-state index is 12.4. The number of alkyl halides is 3. The summed E-state index contributed by atoms with van der Waals surface area (Å²) in [4.78, 5) is 4.52. The van der Waals surface area contributed by atoms with Gasteiger partial charge in [0.25, 0.3) is 0 Å². The van der Waals surface area contributed by atoms with Crippen LogP contribution in [0.5, 0.6) is 11.5 Å². The molecule has 0 saturated carbocycles. The maximum Gasteiger partial charge on any atom is 0.422 e. The summed E-state index contributed by atoms with van der Waals surface area (Å²) in [6.45, 7) is 8.48. The van der Waals surface area contributed by atoms with Gasteiger partial charge in [0.1, 0.15) is 0 Å². The second-order valence-electron chi connectivity index (χ2n) is 7.56. The van der Waals surface area contributed by atoms with Gasteiger partial charge in [0.2, 0.25) is 0 Å². The molecule has 0 radical (unpaired) electrons. The number of methoxy groups -OCH3 is 2. The minimum absolute atomic E-state index is 0.00323. The van der Waals surface area contributed by atoms with Crippen molar-refractivity contribution in [2.45, 2.75) is 46.5 Å². The summed E-state index contributed by atoms with van der Waals surface area (Å²) in [6.07, 6.45) is -4.41. The Hall–Kier alpha value is -2.16. The SMILES string of the molecule is CCNC(=NCc1ccc(OCC(F)(F)F)c(OC)c1)NCC(OC)C(C)(C)C. The van der Waals surface area contributed by atoms with E-state index in [-0.39, 0.29) is 23.0 Å². The Morgan fingerprint density at radius 3 is 2.31 bits per heavy atom. The number of rotatable bonds is 9. The van der Waals surface area contributed by atoms with Crippen LogP contribution in [0.1, 0.15) is 33.3 Å². The van der Waals surface area contributed by atoms with E-state index in [0.717, 1.165) is 5.56 Å². The topological polar surface area (TPSA) is 64.1 Å². The molecule has 1 atom stereocenters. The molecule has 1 rings (SSSR count). The Bertz CT molecular complexity index is 659. The number of nitrogens with one attached hydrogen (secondary N) is 2. The van der Waals surface area contributed by atoms with Crippen LogP contribution in [0.2, 0.25) is 0 Å². The van der Waals surface area contributed by atoms with Crippen LogP contribution in [-0.4, -0.2) is 52.2 Å². The first-order valence-electron chi connectivity index (χ1n) is 9.41. The number of benzene rings is 1. The summed E-state index contributed by atoms with van der Waals surface area (Å²) in [5.74, 6) is 0.887. The molecule has 1 unspecified atom stereocenters. The molecule has 0 aliphatic carbocycles.